The average molecular weight is 472 g/mol. The fourth-order valence-corrected chi connectivity index (χ4v) is 4.23. The predicted molar refractivity (Wildman–Crippen MR) is 134 cm³/mol. The van der Waals surface area contributed by atoms with Gasteiger partial charge in [-0.1, -0.05) is 30.3 Å². The molecule has 0 saturated heterocycles. The van der Waals surface area contributed by atoms with Crippen molar-refractivity contribution in [3.05, 3.63) is 71.1 Å². The SMILES string of the molecule is CCCn1c2ccccc2c2cnn(CC(=O)Nc3cc(-c4ccc(OCC)cc4)no3)c(=O)c21. The van der Waals surface area contributed by atoms with E-state index in [9.17, 15) is 9.59 Å². The Morgan fingerprint density at radius 3 is 2.66 bits per heavy atom. The van der Waals surface area contributed by atoms with Gasteiger partial charge in [-0.05, 0) is 43.7 Å². The van der Waals surface area contributed by atoms with Crippen LogP contribution in [-0.4, -0.2) is 32.0 Å². The van der Waals surface area contributed by atoms with E-state index in [0.717, 1.165) is 34.0 Å². The van der Waals surface area contributed by atoms with E-state index in [0.29, 0.717) is 24.4 Å². The van der Waals surface area contributed by atoms with Gasteiger partial charge in [-0.25, -0.2) is 4.68 Å². The number of nitrogens with zero attached hydrogens (tertiary/aromatic N) is 4. The smallest absolute Gasteiger partial charge is 0.291 e. The molecule has 0 radical (unpaired) electrons. The first-order chi connectivity index (χ1) is 17.1. The highest BCUT2D eigenvalue weighted by atomic mass is 16.5. The molecule has 0 saturated carbocycles. The molecule has 0 fully saturated rings. The Bertz CT molecular complexity index is 1560. The fraction of sp³-hybridized carbons (Fsp3) is 0.231. The van der Waals surface area contributed by atoms with Crippen molar-refractivity contribution < 1.29 is 14.1 Å². The van der Waals surface area contributed by atoms with Gasteiger partial charge in [0.25, 0.3) is 5.56 Å². The lowest BCUT2D eigenvalue weighted by Gasteiger charge is -2.07. The molecule has 5 rings (SSSR count). The van der Waals surface area contributed by atoms with Crippen LogP contribution in [0, 0.1) is 0 Å². The number of carbonyl (C=O) groups is 1. The molecule has 0 spiro atoms. The molecule has 0 bridgehead atoms. The molecule has 0 aliphatic carbocycles. The van der Waals surface area contributed by atoms with Crippen LogP contribution in [0.5, 0.6) is 5.75 Å². The standard InChI is InChI=1S/C26H25N5O4/c1-3-13-30-22-8-6-5-7-19(22)20-15-27-31(26(33)25(20)30)16-23(32)28-24-14-21(29-35-24)17-9-11-18(12-10-17)34-4-2/h5-12,14-15H,3-4,13,16H2,1-2H3,(H,28,32). The lowest BCUT2D eigenvalue weighted by atomic mass is 10.1. The topological polar surface area (TPSA) is 104 Å². The van der Waals surface area contributed by atoms with E-state index in [2.05, 4.69) is 22.5 Å². The van der Waals surface area contributed by atoms with Crippen LogP contribution in [0.25, 0.3) is 33.1 Å². The molecule has 0 atom stereocenters. The number of ether oxygens (including phenoxy) is 1. The molecule has 1 amide bonds. The van der Waals surface area contributed by atoms with Crippen molar-refractivity contribution >= 4 is 33.6 Å². The summed E-state index contributed by atoms with van der Waals surface area (Å²) in [5, 5.41) is 12.7. The molecule has 2 aromatic carbocycles. The van der Waals surface area contributed by atoms with Crippen LogP contribution in [-0.2, 0) is 17.9 Å². The van der Waals surface area contributed by atoms with Gasteiger partial charge in [0.05, 0.1) is 12.8 Å². The van der Waals surface area contributed by atoms with Gasteiger partial charge in [-0.15, -0.1) is 0 Å². The molecular weight excluding hydrogens is 446 g/mol. The molecule has 35 heavy (non-hydrogen) atoms. The second-order valence-corrected chi connectivity index (χ2v) is 8.12. The van der Waals surface area contributed by atoms with Crippen LogP contribution in [0.4, 0.5) is 5.88 Å². The Morgan fingerprint density at radius 1 is 1.09 bits per heavy atom. The summed E-state index contributed by atoms with van der Waals surface area (Å²) >= 11 is 0. The van der Waals surface area contributed by atoms with Gasteiger partial charge in [0, 0.05) is 34.5 Å². The molecular formula is C26H25N5O4. The number of hydrogen-bond donors (Lipinski definition) is 1. The van der Waals surface area contributed by atoms with E-state index in [1.165, 1.54) is 4.68 Å². The minimum absolute atomic E-state index is 0.188. The summed E-state index contributed by atoms with van der Waals surface area (Å²) in [7, 11) is 0. The molecule has 0 aliphatic rings. The third kappa shape index (κ3) is 4.28. The van der Waals surface area contributed by atoms with Gasteiger partial charge in [0.1, 0.15) is 23.5 Å². The first kappa shape index (κ1) is 22.4. The van der Waals surface area contributed by atoms with Gasteiger partial charge in [0.15, 0.2) is 0 Å². The van der Waals surface area contributed by atoms with E-state index >= 15 is 0 Å². The van der Waals surface area contributed by atoms with Crippen molar-refractivity contribution in [1.29, 1.82) is 0 Å². The number of aryl methyl sites for hydroxylation is 1. The van der Waals surface area contributed by atoms with E-state index in [1.54, 1.807) is 12.3 Å². The van der Waals surface area contributed by atoms with Gasteiger partial charge in [-0.3, -0.25) is 14.9 Å². The first-order valence-electron chi connectivity index (χ1n) is 11.6. The number of hydrogen-bond acceptors (Lipinski definition) is 6. The highest BCUT2D eigenvalue weighted by Crippen LogP contribution is 2.27. The van der Waals surface area contributed by atoms with E-state index < -0.39 is 5.91 Å². The maximum Gasteiger partial charge on any atom is 0.291 e. The molecule has 9 heteroatoms. The summed E-state index contributed by atoms with van der Waals surface area (Å²) in [5.41, 5.74) is 2.62. The van der Waals surface area contributed by atoms with Crippen molar-refractivity contribution in [2.45, 2.75) is 33.4 Å². The summed E-state index contributed by atoms with van der Waals surface area (Å²) in [6.07, 6.45) is 2.52. The highest BCUT2D eigenvalue weighted by molar-refractivity contribution is 6.07. The number of carbonyl (C=O) groups excluding carboxylic acids is 1. The molecule has 0 aliphatic heterocycles. The molecule has 3 heterocycles. The van der Waals surface area contributed by atoms with Gasteiger partial charge < -0.3 is 13.8 Å². The van der Waals surface area contributed by atoms with Crippen LogP contribution >= 0.6 is 0 Å². The average Bonchev–Trinajstić information content (AvgIpc) is 3.45. The van der Waals surface area contributed by atoms with E-state index in [4.69, 9.17) is 9.26 Å². The predicted octanol–water partition coefficient (Wildman–Crippen LogP) is 4.45. The summed E-state index contributed by atoms with van der Waals surface area (Å²) < 4.78 is 13.9. The number of rotatable bonds is 8. The number of benzene rings is 2. The summed E-state index contributed by atoms with van der Waals surface area (Å²) in [4.78, 5) is 26.0. The van der Waals surface area contributed by atoms with Crippen molar-refractivity contribution in [2.75, 3.05) is 11.9 Å². The maximum atomic E-state index is 13.3. The second-order valence-electron chi connectivity index (χ2n) is 8.12. The monoisotopic (exact) mass is 471 g/mol. The normalized spacial score (nSPS) is 11.3. The van der Waals surface area contributed by atoms with Crippen LogP contribution in [0.2, 0.25) is 0 Å². The molecule has 5 aromatic rings. The Labute approximate surface area is 200 Å². The summed E-state index contributed by atoms with van der Waals surface area (Å²) in [5.74, 6) is 0.515. The number of nitrogens with one attached hydrogen (secondary N) is 1. The van der Waals surface area contributed by atoms with Crippen LogP contribution in [0.1, 0.15) is 20.3 Å². The zero-order valence-corrected chi connectivity index (χ0v) is 19.5. The number of para-hydroxylation sites is 1. The molecule has 178 valence electrons. The third-order valence-corrected chi connectivity index (χ3v) is 5.75. The number of fused-ring (bicyclic) bond motifs is 3. The quantitative estimate of drug-likeness (QED) is 0.358. The number of anilines is 1. The van der Waals surface area contributed by atoms with Crippen LogP contribution < -0.4 is 15.6 Å². The van der Waals surface area contributed by atoms with Crippen LogP contribution in [0.15, 0.2) is 70.1 Å². The van der Waals surface area contributed by atoms with E-state index in [1.807, 2.05) is 60.0 Å². The summed E-state index contributed by atoms with van der Waals surface area (Å²) in [6, 6.07) is 16.9. The van der Waals surface area contributed by atoms with Gasteiger partial charge in [0.2, 0.25) is 11.8 Å². The third-order valence-electron chi connectivity index (χ3n) is 5.75. The largest absolute Gasteiger partial charge is 0.494 e. The van der Waals surface area contributed by atoms with Gasteiger partial charge >= 0.3 is 0 Å². The van der Waals surface area contributed by atoms with Crippen molar-refractivity contribution in [3.63, 3.8) is 0 Å². The molecule has 1 N–H and O–H groups in total. The molecule has 3 aromatic heterocycles. The fourth-order valence-electron chi connectivity index (χ4n) is 4.23. The lowest BCUT2D eigenvalue weighted by molar-refractivity contribution is -0.117. The van der Waals surface area contributed by atoms with E-state index in [-0.39, 0.29) is 18.0 Å². The first-order valence-corrected chi connectivity index (χ1v) is 11.6. The van der Waals surface area contributed by atoms with Crippen molar-refractivity contribution in [2.24, 2.45) is 0 Å². The van der Waals surface area contributed by atoms with Crippen molar-refractivity contribution in [3.8, 4) is 17.0 Å². The maximum absolute atomic E-state index is 13.3. The zero-order valence-electron chi connectivity index (χ0n) is 19.5. The lowest BCUT2D eigenvalue weighted by Crippen LogP contribution is -2.30. The molecule has 9 nitrogen and oxygen atoms in total. The zero-order chi connectivity index (χ0) is 24.4. The minimum atomic E-state index is -0.438. The second kappa shape index (κ2) is 9.46. The Kier molecular flexibility index (Phi) is 6.05. The Morgan fingerprint density at radius 2 is 1.89 bits per heavy atom. The highest BCUT2D eigenvalue weighted by Gasteiger charge is 2.17. The Hall–Kier alpha value is -4.40. The summed E-state index contributed by atoms with van der Waals surface area (Å²) in [6.45, 7) is 5.02. The molecule has 0 unspecified atom stereocenters. The minimum Gasteiger partial charge on any atom is -0.494 e. The Balaban J connectivity index is 1.37. The number of aromatic nitrogens is 4. The van der Waals surface area contributed by atoms with Crippen molar-refractivity contribution in [1.82, 2.24) is 19.5 Å². The van der Waals surface area contributed by atoms with Crippen LogP contribution in [0.3, 0.4) is 0 Å². The number of amides is 1. The van der Waals surface area contributed by atoms with Gasteiger partial charge in [-0.2, -0.15) is 5.10 Å².